The molecule has 0 aliphatic carbocycles. The highest BCUT2D eigenvalue weighted by molar-refractivity contribution is 5.76. The molecule has 0 spiro atoms. The summed E-state index contributed by atoms with van der Waals surface area (Å²) in [5, 5.41) is 121. The average molecular weight is 1610 g/mol. The summed E-state index contributed by atoms with van der Waals surface area (Å²) in [4.78, 5) is 13.5. The van der Waals surface area contributed by atoms with Crippen LogP contribution in [0, 0.1) is 0 Å². The highest BCUT2D eigenvalue weighted by Crippen LogP contribution is 2.34. The van der Waals surface area contributed by atoms with Crippen LogP contribution in [0.25, 0.3) is 0 Å². The van der Waals surface area contributed by atoms with Crippen molar-refractivity contribution in [3.8, 4) is 0 Å². The highest BCUT2D eigenvalue weighted by Gasteiger charge is 2.54. The van der Waals surface area contributed by atoms with E-state index in [-0.39, 0.29) is 18.9 Å². The molecule has 3 aliphatic heterocycles. The summed E-state index contributed by atoms with van der Waals surface area (Å²) in [6.07, 6.45) is 68.0. The molecule has 19 nitrogen and oxygen atoms in total. The van der Waals surface area contributed by atoms with Crippen LogP contribution in [0.1, 0.15) is 438 Å². The third-order valence-corrected chi connectivity index (χ3v) is 24.3. The molecule has 19 heteroatoms. The van der Waals surface area contributed by atoms with Gasteiger partial charge in [0.25, 0.3) is 0 Å². The minimum atomic E-state index is -1.98. The Kier molecular flexibility index (Phi) is 69.2. The van der Waals surface area contributed by atoms with E-state index in [9.17, 15) is 61.0 Å². The summed E-state index contributed by atoms with van der Waals surface area (Å²) in [6, 6.07) is -0.990. The van der Waals surface area contributed by atoms with Crippen LogP contribution >= 0.6 is 0 Å². The molecule has 0 radical (unpaired) electrons. The summed E-state index contributed by atoms with van der Waals surface area (Å²) in [5.41, 5.74) is 0. The zero-order chi connectivity index (χ0) is 81.7. The van der Waals surface area contributed by atoms with E-state index in [1.807, 2.05) is 6.08 Å². The van der Waals surface area contributed by atoms with Gasteiger partial charge in [0.2, 0.25) is 5.91 Å². The van der Waals surface area contributed by atoms with Crippen molar-refractivity contribution in [2.45, 2.75) is 542 Å². The lowest BCUT2D eigenvalue weighted by Gasteiger charge is -2.48. The normalized spacial score (nSPS) is 24.8. The first-order valence-electron chi connectivity index (χ1n) is 48.1. The monoisotopic (exact) mass is 1610 g/mol. The number of allylic oxidation sites excluding steroid dienone is 3. The number of aliphatic hydroxyl groups is 11. The molecule has 3 aliphatic rings. The molecule has 17 unspecified atom stereocenters. The van der Waals surface area contributed by atoms with E-state index < -0.39 is 124 Å². The lowest BCUT2D eigenvalue weighted by Crippen LogP contribution is -2.66. The number of aliphatic hydroxyl groups excluding tert-OH is 11. The van der Waals surface area contributed by atoms with Crippen LogP contribution in [0.5, 0.6) is 0 Å². The Labute approximate surface area is 689 Å². The van der Waals surface area contributed by atoms with Gasteiger partial charge in [-0.05, 0) is 32.1 Å². The summed E-state index contributed by atoms with van der Waals surface area (Å²) in [7, 11) is 0. The number of hydrogen-bond donors (Lipinski definition) is 12. The van der Waals surface area contributed by atoms with Gasteiger partial charge in [0.1, 0.15) is 73.2 Å². The van der Waals surface area contributed by atoms with Gasteiger partial charge < -0.3 is 89.9 Å². The zero-order valence-corrected chi connectivity index (χ0v) is 72.4. The molecule has 0 saturated carbocycles. The van der Waals surface area contributed by atoms with Crippen molar-refractivity contribution >= 4 is 5.91 Å². The summed E-state index contributed by atoms with van der Waals surface area (Å²) in [5.74, 6) is -0.275. The van der Waals surface area contributed by atoms with Crippen LogP contribution in [0.15, 0.2) is 24.3 Å². The molecule has 0 aromatic carbocycles. The molecule has 17 atom stereocenters. The second kappa shape index (κ2) is 74.1. The van der Waals surface area contributed by atoms with Gasteiger partial charge in [-0.2, -0.15) is 0 Å². The summed E-state index contributed by atoms with van der Waals surface area (Å²) < 4.78 is 34.5. The molecule has 0 aromatic heterocycles. The van der Waals surface area contributed by atoms with Gasteiger partial charge in [-0.15, -0.1) is 0 Å². The van der Waals surface area contributed by atoms with Gasteiger partial charge in [-0.25, -0.2) is 0 Å². The number of hydrogen-bond acceptors (Lipinski definition) is 18. The Balaban J connectivity index is 1.30. The molecule has 0 aromatic rings. The third-order valence-electron chi connectivity index (χ3n) is 24.3. The smallest absolute Gasteiger partial charge is 0.220 e. The number of ether oxygens (including phenoxy) is 6. The van der Waals surface area contributed by atoms with E-state index in [1.54, 1.807) is 6.08 Å². The number of carbonyl (C=O) groups excluding carboxylic acids is 1. The number of nitrogens with one attached hydrogen (secondary N) is 1. The van der Waals surface area contributed by atoms with Crippen molar-refractivity contribution in [2.24, 2.45) is 0 Å². The van der Waals surface area contributed by atoms with Crippen LogP contribution in [-0.2, 0) is 33.2 Å². The fourth-order valence-electron chi connectivity index (χ4n) is 16.6. The molecule has 3 saturated heterocycles. The first-order valence-corrected chi connectivity index (χ1v) is 48.1. The minimum Gasteiger partial charge on any atom is -0.394 e. The van der Waals surface area contributed by atoms with Crippen molar-refractivity contribution in [2.75, 3.05) is 26.4 Å². The third kappa shape index (κ3) is 52.3. The largest absolute Gasteiger partial charge is 0.394 e. The van der Waals surface area contributed by atoms with E-state index in [0.29, 0.717) is 12.8 Å². The molecular formula is C94H179NO18. The minimum absolute atomic E-state index is 0.242. The van der Waals surface area contributed by atoms with E-state index >= 15 is 0 Å². The Bertz CT molecular complexity index is 2130. The number of amides is 1. The topological polar surface area (TPSA) is 307 Å². The van der Waals surface area contributed by atoms with Gasteiger partial charge in [0, 0.05) is 6.42 Å². The van der Waals surface area contributed by atoms with Gasteiger partial charge in [-0.1, -0.05) is 423 Å². The van der Waals surface area contributed by atoms with Gasteiger partial charge >= 0.3 is 0 Å². The molecule has 668 valence electrons. The molecule has 3 heterocycles. The lowest BCUT2D eigenvalue weighted by molar-refractivity contribution is -0.379. The molecule has 12 N–H and O–H groups in total. The second-order valence-electron chi connectivity index (χ2n) is 34.5. The van der Waals surface area contributed by atoms with E-state index in [4.69, 9.17) is 28.4 Å². The summed E-state index contributed by atoms with van der Waals surface area (Å²) in [6.45, 7) is 1.80. The first kappa shape index (κ1) is 105. The van der Waals surface area contributed by atoms with Crippen LogP contribution in [0.3, 0.4) is 0 Å². The molecule has 3 rings (SSSR count). The number of rotatable bonds is 80. The van der Waals surface area contributed by atoms with Crippen molar-refractivity contribution in [3.05, 3.63) is 24.3 Å². The zero-order valence-electron chi connectivity index (χ0n) is 72.4. The summed E-state index contributed by atoms with van der Waals surface area (Å²) >= 11 is 0. The first-order chi connectivity index (χ1) is 55.3. The molecule has 1 amide bonds. The van der Waals surface area contributed by atoms with E-state index in [1.165, 1.54) is 366 Å². The van der Waals surface area contributed by atoms with Gasteiger partial charge in [0.15, 0.2) is 18.9 Å². The van der Waals surface area contributed by atoms with Crippen molar-refractivity contribution < 1.29 is 89.4 Å². The lowest BCUT2D eigenvalue weighted by atomic mass is 9.96. The average Bonchev–Trinajstić information content (AvgIpc) is 0.777. The fourth-order valence-corrected chi connectivity index (χ4v) is 16.6. The fraction of sp³-hybridized carbons (Fsp3) is 0.947. The van der Waals surface area contributed by atoms with Crippen LogP contribution in [-0.4, -0.2) is 193 Å². The Morgan fingerprint density at radius 2 is 0.566 bits per heavy atom. The molecule has 3 fully saturated rings. The molecule has 0 bridgehead atoms. The standard InChI is InChI=1S/C94H179NO18/c1-3-5-7-9-11-13-15-17-19-21-23-25-27-29-31-33-35-36-37-38-39-40-42-44-46-48-50-52-54-56-58-60-62-64-66-68-70-72-82(100)95-77(78(99)71-69-67-65-63-61-59-57-55-53-51-49-47-45-43-41-34-32-30-28-26-24-22-20-18-16-14-12-10-8-6-4-2)76-108-92-88(106)85(103)90(80(74-97)110-92)113-94-89(107)86(104)91(81(75-98)111-94)112-93-87(105)84(102)83(101)79(73-96)109-93/h61,63,69,71,77-81,83-94,96-99,101-107H,3-60,62,64-68,70,72-76H2,1-2H3,(H,95,100)/b63-61+,71-69+. The maximum Gasteiger partial charge on any atom is 0.220 e. The van der Waals surface area contributed by atoms with E-state index in [0.717, 1.165) is 38.5 Å². The SMILES string of the molecule is CCCCCCCCCCCCCCCCCCCCCCCCCCC/C=C/CC/C=C/C(O)C(COC1OC(CO)C(OC2OC(CO)C(OC3OC(CO)C(O)C(O)C3O)C(O)C2O)C(O)C1O)NC(=O)CCCCCCCCCCCCCCCCCCCCCCCCCCCCCCCCCCCCCCC. The van der Waals surface area contributed by atoms with Crippen molar-refractivity contribution in [1.82, 2.24) is 5.32 Å². The van der Waals surface area contributed by atoms with Crippen LogP contribution in [0.2, 0.25) is 0 Å². The molecule has 113 heavy (non-hydrogen) atoms. The maximum atomic E-state index is 13.5. The van der Waals surface area contributed by atoms with Crippen LogP contribution < -0.4 is 5.32 Å². The Morgan fingerprint density at radius 1 is 0.310 bits per heavy atom. The maximum absolute atomic E-state index is 13.5. The van der Waals surface area contributed by atoms with E-state index in [2.05, 4.69) is 31.3 Å². The van der Waals surface area contributed by atoms with Gasteiger partial charge in [-0.3, -0.25) is 4.79 Å². The predicted molar refractivity (Wildman–Crippen MR) is 457 cm³/mol. The van der Waals surface area contributed by atoms with Gasteiger partial charge in [0.05, 0.1) is 38.6 Å². The highest BCUT2D eigenvalue weighted by atomic mass is 16.8. The quantitative estimate of drug-likeness (QED) is 0.0199. The second-order valence-corrected chi connectivity index (χ2v) is 34.5. The van der Waals surface area contributed by atoms with Crippen LogP contribution in [0.4, 0.5) is 0 Å². The predicted octanol–water partition coefficient (Wildman–Crippen LogP) is 19.2. The number of unbranched alkanes of at least 4 members (excludes halogenated alkanes) is 62. The van der Waals surface area contributed by atoms with Crippen molar-refractivity contribution in [3.63, 3.8) is 0 Å². The van der Waals surface area contributed by atoms with Crippen molar-refractivity contribution in [1.29, 1.82) is 0 Å². The molecular weight excluding hydrogens is 1430 g/mol. The Hall–Kier alpha value is -1.73. The number of carbonyl (C=O) groups is 1. The Morgan fingerprint density at radius 3 is 0.885 bits per heavy atom.